The monoisotopic (exact) mass is 218 g/mol. The Morgan fingerprint density at radius 1 is 1.46 bits per heavy atom. The van der Waals surface area contributed by atoms with Gasteiger partial charge in [0.1, 0.15) is 0 Å². The molecule has 2 unspecified atom stereocenters. The lowest BCUT2D eigenvalue weighted by molar-refractivity contribution is 0.164. The average Bonchev–Trinajstić information content (AvgIpc) is 2.33. The van der Waals surface area contributed by atoms with Gasteiger partial charge >= 0.3 is 0 Å². The summed E-state index contributed by atoms with van der Waals surface area (Å²) in [7, 11) is 0. The molecule has 74 valence electrons. The van der Waals surface area contributed by atoms with Gasteiger partial charge in [-0.3, -0.25) is 0 Å². The second-order valence-electron chi connectivity index (χ2n) is 3.60. The third kappa shape index (κ3) is 4.12. The van der Waals surface area contributed by atoms with Gasteiger partial charge in [0.05, 0.1) is 10.4 Å². The summed E-state index contributed by atoms with van der Waals surface area (Å²) in [6.07, 6.45) is 1.67. The fourth-order valence-electron chi connectivity index (χ4n) is 1.47. The molecule has 1 aromatic heterocycles. The predicted octanol–water partition coefficient (Wildman–Crippen LogP) is 3.35. The summed E-state index contributed by atoms with van der Waals surface area (Å²) < 4.78 is 0.847. The fourth-order valence-corrected chi connectivity index (χ4v) is 2.72. The Morgan fingerprint density at radius 3 is 2.62 bits per heavy atom. The molecule has 0 aromatic carbocycles. The van der Waals surface area contributed by atoms with E-state index in [1.165, 1.54) is 4.88 Å². The standard InChI is InChI=1S/C10H15ClOS/c1-7(5-8(2)12)6-9-3-4-10(11)13-9/h3-4,7-8,12H,5-6H2,1-2H3. The quantitative estimate of drug-likeness (QED) is 0.822. The first-order valence-corrected chi connectivity index (χ1v) is 5.69. The second-order valence-corrected chi connectivity index (χ2v) is 5.40. The number of hydrogen-bond acceptors (Lipinski definition) is 2. The summed E-state index contributed by atoms with van der Waals surface area (Å²) in [5.41, 5.74) is 0. The van der Waals surface area contributed by atoms with E-state index in [-0.39, 0.29) is 6.10 Å². The van der Waals surface area contributed by atoms with Crippen LogP contribution in [0.15, 0.2) is 12.1 Å². The van der Waals surface area contributed by atoms with Gasteiger partial charge < -0.3 is 5.11 Å². The van der Waals surface area contributed by atoms with E-state index in [0.29, 0.717) is 5.92 Å². The zero-order chi connectivity index (χ0) is 9.84. The molecule has 0 fully saturated rings. The van der Waals surface area contributed by atoms with Crippen molar-refractivity contribution in [2.75, 3.05) is 0 Å². The van der Waals surface area contributed by atoms with Crippen molar-refractivity contribution in [1.29, 1.82) is 0 Å². The molecule has 1 aromatic rings. The minimum atomic E-state index is -0.203. The summed E-state index contributed by atoms with van der Waals surface area (Å²) in [5.74, 6) is 0.523. The lowest BCUT2D eigenvalue weighted by Gasteiger charge is -2.11. The maximum absolute atomic E-state index is 9.18. The Morgan fingerprint density at radius 2 is 2.15 bits per heavy atom. The highest BCUT2D eigenvalue weighted by atomic mass is 35.5. The molecule has 0 saturated heterocycles. The van der Waals surface area contributed by atoms with Gasteiger partial charge in [-0.2, -0.15) is 0 Å². The fraction of sp³-hybridized carbons (Fsp3) is 0.600. The molecule has 0 amide bonds. The van der Waals surface area contributed by atoms with Crippen molar-refractivity contribution in [3.63, 3.8) is 0 Å². The SMILES string of the molecule is CC(O)CC(C)Cc1ccc(Cl)s1. The minimum Gasteiger partial charge on any atom is -0.393 e. The number of hydrogen-bond donors (Lipinski definition) is 1. The van der Waals surface area contributed by atoms with Crippen molar-refractivity contribution >= 4 is 22.9 Å². The van der Waals surface area contributed by atoms with Gasteiger partial charge in [0, 0.05) is 4.88 Å². The predicted molar refractivity (Wildman–Crippen MR) is 58.5 cm³/mol. The highest BCUT2D eigenvalue weighted by molar-refractivity contribution is 7.16. The Hall–Kier alpha value is -0.0500. The van der Waals surface area contributed by atoms with E-state index >= 15 is 0 Å². The first kappa shape index (κ1) is 11.0. The third-order valence-corrected chi connectivity index (χ3v) is 3.18. The molecule has 1 heterocycles. The summed E-state index contributed by atoms with van der Waals surface area (Å²) in [6.45, 7) is 3.98. The van der Waals surface area contributed by atoms with Crippen molar-refractivity contribution in [3.05, 3.63) is 21.3 Å². The van der Waals surface area contributed by atoms with E-state index in [1.807, 2.05) is 13.0 Å². The van der Waals surface area contributed by atoms with Crippen molar-refractivity contribution in [1.82, 2.24) is 0 Å². The average molecular weight is 219 g/mol. The zero-order valence-electron chi connectivity index (χ0n) is 7.96. The number of halogens is 1. The normalized spacial score (nSPS) is 15.7. The summed E-state index contributed by atoms with van der Waals surface area (Å²) >= 11 is 7.45. The highest BCUT2D eigenvalue weighted by Crippen LogP contribution is 2.24. The molecule has 1 N–H and O–H groups in total. The zero-order valence-corrected chi connectivity index (χ0v) is 9.53. The maximum atomic E-state index is 9.18. The molecule has 1 rings (SSSR count). The second kappa shape index (κ2) is 4.99. The Labute approximate surface area is 88.4 Å². The molecule has 0 aliphatic heterocycles. The molecule has 13 heavy (non-hydrogen) atoms. The van der Waals surface area contributed by atoms with Gasteiger partial charge in [0.2, 0.25) is 0 Å². The summed E-state index contributed by atoms with van der Waals surface area (Å²) in [6, 6.07) is 3.99. The maximum Gasteiger partial charge on any atom is 0.0931 e. The van der Waals surface area contributed by atoms with Gasteiger partial charge in [-0.15, -0.1) is 11.3 Å². The number of aliphatic hydroxyl groups is 1. The van der Waals surface area contributed by atoms with Crippen LogP contribution in [0.3, 0.4) is 0 Å². The van der Waals surface area contributed by atoms with Crippen LogP contribution in [0.25, 0.3) is 0 Å². The van der Waals surface area contributed by atoms with Gasteiger partial charge in [-0.25, -0.2) is 0 Å². The van der Waals surface area contributed by atoms with Crippen LogP contribution >= 0.6 is 22.9 Å². The minimum absolute atomic E-state index is 0.203. The molecule has 0 spiro atoms. The molecule has 0 aliphatic rings. The van der Waals surface area contributed by atoms with Crippen molar-refractivity contribution in [2.45, 2.75) is 32.8 Å². The first-order chi connectivity index (χ1) is 6.08. The van der Waals surface area contributed by atoms with Crippen LogP contribution in [0.4, 0.5) is 0 Å². The van der Waals surface area contributed by atoms with Crippen LogP contribution in [0.2, 0.25) is 4.34 Å². The Kier molecular flexibility index (Phi) is 4.23. The van der Waals surface area contributed by atoms with Crippen LogP contribution in [-0.2, 0) is 6.42 Å². The van der Waals surface area contributed by atoms with Crippen LogP contribution in [0, 0.1) is 5.92 Å². The van der Waals surface area contributed by atoms with Crippen molar-refractivity contribution in [3.8, 4) is 0 Å². The molecule has 0 radical (unpaired) electrons. The molecule has 0 saturated carbocycles. The van der Waals surface area contributed by atoms with Crippen LogP contribution in [0.1, 0.15) is 25.1 Å². The third-order valence-electron chi connectivity index (χ3n) is 1.92. The van der Waals surface area contributed by atoms with E-state index < -0.39 is 0 Å². The van der Waals surface area contributed by atoms with Crippen molar-refractivity contribution in [2.24, 2.45) is 5.92 Å². The molecule has 2 atom stereocenters. The van der Waals surface area contributed by atoms with E-state index in [9.17, 15) is 5.11 Å². The van der Waals surface area contributed by atoms with E-state index in [0.717, 1.165) is 17.2 Å². The van der Waals surface area contributed by atoms with E-state index in [2.05, 4.69) is 13.0 Å². The van der Waals surface area contributed by atoms with Crippen LogP contribution in [-0.4, -0.2) is 11.2 Å². The van der Waals surface area contributed by atoms with Crippen LogP contribution in [0.5, 0.6) is 0 Å². The van der Waals surface area contributed by atoms with Gasteiger partial charge in [-0.1, -0.05) is 18.5 Å². The van der Waals surface area contributed by atoms with E-state index in [1.54, 1.807) is 11.3 Å². The molecule has 0 aliphatic carbocycles. The van der Waals surface area contributed by atoms with Gasteiger partial charge in [0.25, 0.3) is 0 Å². The molecule has 0 bridgehead atoms. The van der Waals surface area contributed by atoms with Gasteiger partial charge in [-0.05, 0) is 37.8 Å². The molecular formula is C10H15ClOS. The molecule has 3 heteroatoms. The lowest BCUT2D eigenvalue weighted by atomic mass is 10.0. The highest BCUT2D eigenvalue weighted by Gasteiger charge is 2.08. The summed E-state index contributed by atoms with van der Waals surface area (Å²) in [4.78, 5) is 1.30. The topological polar surface area (TPSA) is 20.2 Å². The largest absolute Gasteiger partial charge is 0.393 e. The van der Waals surface area contributed by atoms with E-state index in [4.69, 9.17) is 11.6 Å². The smallest absolute Gasteiger partial charge is 0.0931 e. The number of aliphatic hydroxyl groups excluding tert-OH is 1. The van der Waals surface area contributed by atoms with Crippen LogP contribution < -0.4 is 0 Å². The number of rotatable bonds is 4. The van der Waals surface area contributed by atoms with Crippen molar-refractivity contribution < 1.29 is 5.11 Å². The Bertz CT molecular complexity index is 257. The lowest BCUT2D eigenvalue weighted by Crippen LogP contribution is -2.08. The summed E-state index contributed by atoms with van der Waals surface area (Å²) in [5, 5.41) is 9.18. The van der Waals surface area contributed by atoms with Gasteiger partial charge in [0.15, 0.2) is 0 Å². The first-order valence-electron chi connectivity index (χ1n) is 4.50. The number of thiophene rings is 1. The molecular weight excluding hydrogens is 204 g/mol. The Balaban J connectivity index is 2.40. The molecule has 1 nitrogen and oxygen atoms in total.